The average Bonchev–Trinajstić information content (AvgIpc) is 3.31. The Labute approximate surface area is 195 Å². The third-order valence-electron chi connectivity index (χ3n) is 10.2. The average molecular weight is 463 g/mol. The number of nitrogens with one attached hydrogen (secondary N) is 1. The maximum absolute atomic E-state index is 12.3. The Morgan fingerprint density at radius 3 is 2.67 bits per heavy atom. The molecule has 0 aromatic carbocycles. The molecule has 0 unspecified atom stereocenters. The summed E-state index contributed by atoms with van der Waals surface area (Å²) in [6.07, 6.45) is 8.88. The second-order valence-electron chi connectivity index (χ2n) is 11.4. The quantitative estimate of drug-likeness (QED) is 0.180. The zero-order valence-corrected chi connectivity index (χ0v) is 19.5. The second kappa shape index (κ2) is 8.04. The molecule has 0 bridgehead atoms. The van der Waals surface area contributed by atoms with Gasteiger partial charge in [-0.2, -0.15) is 5.10 Å². The Bertz CT molecular complexity index is 862. The lowest BCUT2D eigenvalue weighted by Gasteiger charge is -2.65. The molecular weight excluding hydrogens is 424 g/mol. The monoisotopic (exact) mass is 462 g/mol. The van der Waals surface area contributed by atoms with E-state index in [1.807, 2.05) is 6.21 Å². The maximum atomic E-state index is 12.3. The van der Waals surface area contributed by atoms with Crippen molar-refractivity contribution < 1.29 is 30.0 Å². The van der Waals surface area contributed by atoms with Crippen molar-refractivity contribution in [3.63, 3.8) is 0 Å². The van der Waals surface area contributed by atoms with Crippen LogP contribution in [0.15, 0.2) is 16.8 Å². The van der Waals surface area contributed by atoms with E-state index in [0.29, 0.717) is 51.7 Å². The number of rotatable bonds is 5. The van der Waals surface area contributed by atoms with E-state index in [4.69, 9.17) is 9.84 Å². The van der Waals surface area contributed by atoms with Crippen molar-refractivity contribution in [1.82, 2.24) is 5.43 Å². The van der Waals surface area contributed by atoms with Gasteiger partial charge in [-0.05, 0) is 74.7 Å². The first kappa shape index (κ1) is 23.3. The van der Waals surface area contributed by atoms with Crippen LogP contribution in [-0.2, 0) is 9.53 Å². The minimum atomic E-state index is -1.06. The van der Waals surface area contributed by atoms with E-state index < -0.39 is 22.7 Å². The highest BCUT2D eigenvalue weighted by Gasteiger charge is 2.71. The first-order chi connectivity index (χ1) is 15.7. The van der Waals surface area contributed by atoms with Crippen molar-refractivity contribution in [2.24, 2.45) is 33.7 Å². The number of hydrazone groups is 1. The van der Waals surface area contributed by atoms with Gasteiger partial charge in [0.05, 0.1) is 30.5 Å². The molecule has 33 heavy (non-hydrogen) atoms. The normalized spacial score (nSPS) is 49.2. The predicted molar refractivity (Wildman–Crippen MR) is 121 cm³/mol. The molecule has 4 fully saturated rings. The maximum Gasteiger partial charge on any atom is 0.331 e. The molecule has 0 amide bonds. The molecule has 0 aromatic heterocycles. The van der Waals surface area contributed by atoms with Crippen LogP contribution in [0.2, 0.25) is 0 Å². The molecule has 1 aliphatic heterocycles. The van der Waals surface area contributed by atoms with Gasteiger partial charge in [0, 0.05) is 29.5 Å². The summed E-state index contributed by atoms with van der Waals surface area (Å²) in [5.41, 5.74) is 0.968. The SMILES string of the molecule is C[C@]12CC[C@H]3[C@@H](CC[C@@]4(O)C[C@H](O)CC[C@]34/C=N\NCCO)[C@]1(O)CC[C@@H]2C1=CC(=O)OC1. The van der Waals surface area contributed by atoms with Gasteiger partial charge in [0.1, 0.15) is 6.61 Å². The lowest BCUT2D eigenvalue weighted by atomic mass is 9.41. The van der Waals surface area contributed by atoms with E-state index in [9.17, 15) is 20.1 Å². The van der Waals surface area contributed by atoms with Crippen LogP contribution < -0.4 is 5.43 Å². The Kier molecular flexibility index (Phi) is 5.67. The minimum Gasteiger partial charge on any atom is -0.458 e. The summed E-state index contributed by atoms with van der Waals surface area (Å²) in [5.74, 6) is -0.0955. The third-order valence-corrected chi connectivity index (χ3v) is 10.2. The number of aliphatic hydroxyl groups excluding tert-OH is 2. The van der Waals surface area contributed by atoms with Crippen LogP contribution >= 0.6 is 0 Å². The highest BCUT2D eigenvalue weighted by atomic mass is 16.5. The molecule has 8 heteroatoms. The third kappa shape index (κ3) is 3.24. The van der Waals surface area contributed by atoms with Crippen LogP contribution in [-0.4, -0.2) is 69.7 Å². The number of hydrogen-bond donors (Lipinski definition) is 5. The highest BCUT2D eigenvalue weighted by Crippen LogP contribution is 2.70. The number of cyclic esters (lactones) is 1. The molecule has 4 saturated carbocycles. The van der Waals surface area contributed by atoms with Crippen molar-refractivity contribution in [2.75, 3.05) is 19.8 Å². The van der Waals surface area contributed by atoms with Crippen LogP contribution in [0.25, 0.3) is 0 Å². The van der Waals surface area contributed by atoms with Gasteiger partial charge in [-0.15, -0.1) is 0 Å². The smallest absolute Gasteiger partial charge is 0.331 e. The molecule has 0 radical (unpaired) electrons. The summed E-state index contributed by atoms with van der Waals surface area (Å²) in [4.78, 5) is 11.7. The van der Waals surface area contributed by atoms with Gasteiger partial charge in [0.2, 0.25) is 0 Å². The van der Waals surface area contributed by atoms with Crippen LogP contribution in [0.3, 0.4) is 0 Å². The predicted octanol–water partition coefficient (Wildman–Crippen LogP) is 1.27. The van der Waals surface area contributed by atoms with Crippen molar-refractivity contribution in [3.8, 4) is 0 Å². The van der Waals surface area contributed by atoms with E-state index in [-0.39, 0.29) is 35.7 Å². The van der Waals surface area contributed by atoms with Gasteiger partial charge in [0.15, 0.2) is 0 Å². The van der Waals surface area contributed by atoms with Crippen molar-refractivity contribution in [3.05, 3.63) is 11.6 Å². The van der Waals surface area contributed by atoms with Crippen LogP contribution in [0.5, 0.6) is 0 Å². The Balaban J connectivity index is 1.50. The second-order valence-corrected chi connectivity index (χ2v) is 11.4. The fraction of sp³-hybridized carbons (Fsp3) is 0.840. The van der Waals surface area contributed by atoms with Gasteiger partial charge in [-0.3, -0.25) is 0 Å². The Hall–Kier alpha value is -1.48. The largest absolute Gasteiger partial charge is 0.458 e. The molecule has 184 valence electrons. The lowest BCUT2D eigenvalue weighted by Crippen LogP contribution is -2.68. The summed E-state index contributed by atoms with van der Waals surface area (Å²) < 4.78 is 5.20. The highest BCUT2D eigenvalue weighted by molar-refractivity contribution is 5.85. The standard InChI is InChI=1S/C25H38N2O6/c1-22-6-3-19-20(25(22,32)9-5-18(22)16-12-21(30)33-14-16)4-8-24(31)13-17(29)2-7-23(19,24)15-27-26-10-11-28/h12,15,17-20,26,28-29,31-32H,2-11,13-14H2,1H3/b27-15-/t17-,18-,19+,20-,22-,23+,24-,25-/m1/s1. The molecule has 8 atom stereocenters. The summed E-state index contributed by atoms with van der Waals surface area (Å²) in [6.45, 7) is 2.82. The first-order valence-corrected chi connectivity index (χ1v) is 12.6. The molecule has 5 rings (SSSR count). The van der Waals surface area contributed by atoms with Crippen LogP contribution in [0.4, 0.5) is 0 Å². The van der Waals surface area contributed by atoms with E-state index >= 15 is 0 Å². The van der Waals surface area contributed by atoms with Crippen molar-refractivity contribution in [2.45, 2.75) is 82.0 Å². The molecule has 8 nitrogen and oxygen atoms in total. The van der Waals surface area contributed by atoms with E-state index in [2.05, 4.69) is 17.5 Å². The van der Waals surface area contributed by atoms with Gasteiger partial charge in [0.25, 0.3) is 0 Å². The van der Waals surface area contributed by atoms with Gasteiger partial charge in [-0.25, -0.2) is 4.79 Å². The number of nitrogens with zero attached hydrogens (tertiary/aromatic N) is 1. The molecule has 5 aliphatic rings. The van der Waals surface area contributed by atoms with Crippen LogP contribution in [0, 0.1) is 28.6 Å². The summed E-state index contributed by atoms with van der Waals surface area (Å²) in [7, 11) is 0. The van der Waals surface area contributed by atoms with E-state index in [1.165, 1.54) is 0 Å². The van der Waals surface area contributed by atoms with E-state index in [0.717, 1.165) is 24.8 Å². The van der Waals surface area contributed by atoms with E-state index in [1.54, 1.807) is 6.08 Å². The molecule has 1 heterocycles. The zero-order valence-electron chi connectivity index (χ0n) is 19.5. The number of aliphatic hydroxyl groups is 4. The summed E-state index contributed by atoms with van der Waals surface area (Å²) in [6, 6.07) is 0. The molecular formula is C25H38N2O6. The van der Waals surface area contributed by atoms with Crippen molar-refractivity contribution in [1.29, 1.82) is 0 Å². The van der Waals surface area contributed by atoms with Gasteiger partial charge >= 0.3 is 5.97 Å². The number of fused-ring (bicyclic) bond motifs is 5. The lowest BCUT2D eigenvalue weighted by molar-refractivity contribution is -0.237. The van der Waals surface area contributed by atoms with Gasteiger partial charge < -0.3 is 30.6 Å². The fourth-order valence-electron chi connectivity index (χ4n) is 8.64. The topological polar surface area (TPSA) is 132 Å². The molecule has 0 saturated heterocycles. The Morgan fingerprint density at radius 2 is 1.94 bits per heavy atom. The number of hydrogen-bond acceptors (Lipinski definition) is 8. The number of ether oxygens (including phenoxy) is 1. The molecule has 0 spiro atoms. The summed E-state index contributed by atoms with van der Waals surface area (Å²) >= 11 is 0. The number of esters is 1. The fourth-order valence-corrected chi connectivity index (χ4v) is 8.64. The first-order valence-electron chi connectivity index (χ1n) is 12.6. The Morgan fingerprint density at radius 1 is 1.15 bits per heavy atom. The minimum absolute atomic E-state index is 0.0136. The number of carbonyl (C=O) groups excluding carboxylic acids is 1. The zero-order chi connectivity index (χ0) is 23.5. The summed E-state index contributed by atoms with van der Waals surface area (Å²) in [5, 5.41) is 48.1. The van der Waals surface area contributed by atoms with Crippen LogP contribution in [0.1, 0.15) is 64.7 Å². The number of carbonyl (C=O) groups is 1. The van der Waals surface area contributed by atoms with Crippen molar-refractivity contribution >= 4 is 12.2 Å². The molecule has 4 aliphatic carbocycles. The molecule has 5 N–H and O–H groups in total. The molecule has 0 aromatic rings. The van der Waals surface area contributed by atoms with Gasteiger partial charge in [-0.1, -0.05) is 6.92 Å².